The van der Waals surface area contributed by atoms with E-state index in [9.17, 15) is 5.11 Å². The molecule has 0 aliphatic carbocycles. The van der Waals surface area contributed by atoms with Crippen LogP contribution in [0.15, 0.2) is 28.7 Å². The Morgan fingerprint density at radius 3 is 2.67 bits per heavy atom. The van der Waals surface area contributed by atoms with Crippen LogP contribution in [0.4, 0.5) is 0 Å². The molecule has 4 nitrogen and oxygen atoms in total. The molecule has 98 valence electrons. The maximum absolute atomic E-state index is 9.84. The van der Waals surface area contributed by atoms with Crippen molar-refractivity contribution < 1.29 is 9.52 Å². The van der Waals surface area contributed by atoms with Crippen molar-refractivity contribution in [2.45, 2.75) is 32.9 Å². The number of rotatable bonds is 5. The summed E-state index contributed by atoms with van der Waals surface area (Å²) in [6.07, 6.45) is 0. The molecule has 1 heterocycles. The fraction of sp³-hybridized carbons (Fsp3) is 0.500. The SMILES string of the molecule is CCN(Cc1nc2ccccc2o1)CC(C)(C)O. The van der Waals surface area contributed by atoms with Crippen LogP contribution in [0.2, 0.25) is 0 Å². The van der Waals surface area contributed by atoms with Crippen molar-refractivity contribution in [3.63, 3.8) is 0 Å². The first kappa shape index (κ1) is 13.1. The molecule has 1 aromatic carbocycles. The lowest BCUT2D eigenvalue weighted by molar-refractivity contribution is 0.0330. The summed E-state index contributed by atoms with van der Waals surface area (Å²) in [6, 6.07) is 7.74. The number of fused-ring (bicyclic) bond motifs is 1. The van der Waals surface area contributed by atoms with Crippen LogP contribution in [0.5, 0.6) is 0 Å². The van der Waals surface area contributed by atoms with Gasteiger partial charge in [-0.3, -0.25) is 4.90 Å². The van der Waals surface area contributed by atoms with E-state index in [2.05, 4.69) is 16.8 Å². The van der Waals surface area contributed by atoms with E-state index in [1.54, 1.807) is 0 Å². The predicted octanol–water partition coefficient (Wildman–Crippen LogP) is 2.42. The molecule has 2 aromatic rings. The van der Waals surface area contributed by atoms with E-state index in [0.29, 0.717) is 19.0 Å². The Morgan fingerprint density at radius 2 is 2.06 bits per heavy atom. The van der Waals surface area contributed by atoms with Gasteiger partial charge in [0, 0.05) is 6.54 Å². The molecule has 0 aliphatic rings. The van der Waals surface area contributed by atoms with Crippen LogP contribution in [-0.2, 0) is 6.54 Å². The van der Waals surface area contributed by atoms with Gasteiger partial charge in [-0.2, -0.15) is 0 Å². The molecule has 0 aliphatic heterocycles. The first-order valence-electron chi connectivity index (χ1n) is 6.27. The Kier molecular flexibility index (Phi) is 3.68. The monoisotopic (exact) mass is 248 g/mol. The highest BCUT2D eigenvalue weighted by Gasteiger charge is 2.19. The summed E-state index contributed by atoms with van der Waals surface area (Å²) < 4.78 is 5.68. The van der Waals surface area contributed by atoms with Gasteiger partial charge < -0.3 is 9.52 Å². The maximum atomic E-state index is 9.84. The van der Waals surface area contributed by atoms with Crippen LogP contribution < -0.4 is 0 Å². The number of hydrogen-bond donors (Lipinski definition) is 1. The average molecular weight is 248 g/mol. The molecule has 0 fully saturated rings. The lowest BCUT2D eigenvalue weighted by Crippen LogP contribution is -2.38. The van der Waals surface area contributed by atoms with Gasteiger partial charge in [0.2, 0.25) is 5.89 Å². The molecule has 0 unspecified atom stereocenters. The zero-order valence-electron chi connectivity index (χ0n) is 11.2. The molecular formula is C14H20N2O2. The van der Waals surface area contributed by atoms with Crippen LogP contribution in [-0.4, -0.2) is 33.7 Å². The average Bonchev–Trinajstić information content (AvgIpc) is 2.68. The van der Waals surface area contributed by atoms with Crippen molar-refractivity contribution in [3.8, 4) is 0 Å². The highest BCUT2D eigenvalue weighted by atomic mass is 16.3. The third-order valence-electron chi connectivity index (χ3n) is 2.75. The molecule has 18 heavy (non-hydrogen) atoms. The maximum Gasteiger partial charge on any atom is 0.209 e. The van der Waals surface area contributed by atoms with Gasteiger partial charge in [0.05, 0.1) is 12.1 Å². The fourth-order valence-electron chi connectivity index (χ4n) is 2.01. The predicted molar refractivity (Wildman–Crippen MR) is 71.3 cm³/mol. The molecule has 0 radical (unpaired) electrons. The van der Waals surface area contributed by atoms with E-state index >= 15 is 0 Å². The van der Waals surface area contributed by atoms with E-state index in [-0.39, 0.29) is 0 Å². The smallest absolute Gasteiger partial charge is 0.209 e. The van der Waals surface area contributed by atoms with E-state index in [0.717, 1.165) is 17.6 Å². The van der Waals surface area contributed by atoms with Crippen LogP contribution in [0.3, 0.4) is 0 Å². The Morgan fingerprint density at radius 1 is 1.33 bits per heavy atom. The highest BCUT2D eigenvalue weighted by Crippen LogP contribution is 2.16. The second-order valence-electron chi connectivity index (χ2n) is 5.19. The Labute approximate surface area is 107 Å². The minimum absolute atomic E-state index is 0.599. The Balaban J connectivity index is 2.11. The number of nitrogens with zero attached hydrogens (tertiary/aromatic N) is 2. The van der Waals surface area contributed by atoms with Crippen molar-refractivity contribution in [1.82, 2.24) is 9.88 Å². The Bertz CT molecular complexity index is 481. The highest BCUT2D eigenvalue weighted by molar-refractivity contribution is 5.72. The molecule has 4 heteroatoms. The van der Waals surface area contributed by atoms with E-state index < -0.39 is 5.60 Å². The lowest BCUT2D eigenvalue weighted by atomic mass is 10.1. The summed E-state index contributed by atoms with van der Waals surface area (Å²) in [5, 5.41) is 9.84. The first-order valence-corrected chi connectivity index (χ1v) is 6.27. The molecule has 2 rings (SSSR count). The third kappa shape index (κ3) is 3.31. The number of para-hydroxylation sites is 2. The fourth-order valence-corrected chi connectivity index (χ4v) is 2.01. The molecule has 0 saturated heterocycles. The van der Waals surface area contributed by atoms with Gasteiger partial charge >= 0.3 is 0 Å². The zero-order valence-corrected chi connectivity index (χ0v) is 11.2. The van der Waals surface area contributed by atoms with E-state index in [1.807, 2.05) is 38.1 Å². The summed E-state index contributed by atoms with van der Waals surface area (Å²) >= 11 is 0. The van der Waals surface area contributed by atoms with Gasteiger partial charge in [-0.05, 0) is 32.5 Å². The first-order chi connectivity index (χ1) is 8.48. The van der Waals surface area contributed by atoms with Gasteiger partial charge in [0.25, 0.3) is 0 Å². The van der Waals surface area contributed by atoms with Crippen LogP contribution in [0, 0.1) is 0 Å². The van der Waals surface area contributed by atoms with E-state index in [4.69, 9.17) is 4.42 Å². The number of likely N-dealkylation sites (N-methyl/N-ethyl adjacent to an activating group) is 1. The summed E-state index contributed by atoms with van der Waals surface area (Å²) in [5.41, 5.74) is 0.987. The van der Waals surface area contributed by atoms with Crippen LogP contribution >= 0.6 is 0 Å². The third-order valence-corrected chi connectivity index (χ3v) is 2.75. The molecule has 0 saturated carbocycles. The van der Waals surface area contributed by atoms with Gasteiger partial charge in [-0.15, -0.1) is 0 Å². The molecule has 0 bridgehead atoms. The summed E-state index contributed by atoms with van der Waals surface area (Å²) in [6.45, 7) is 7.75. The number of aromatic nitrogens is 1. The molecule has 0 spiro atoms. The number of oxazole rings is 1. The molecule has 1 N–H and O–H groups in total. The molecule has 0 atom stereocenters. The minimum Gasteiger partial charge on any atom is -0.439 e. The standard InChI is InChI=1S/C14H20N2O2/c1-4-16(10-14(2,3)17)9-13-15-11-7-5-6-8-12(11)18-13/h5-8,17H,4,9-10H2,1-3H3. The van der Waals surface area contributed by atoms with Gasteiger partial charge in [-0.1, -0.05) is 19.1 Å². The topological polar surface area (TPSA) is 49.5 Å². The summed E-state index contributed by atoms with van der Waals surface area (Å²) in [5.74, 6) is 0.697. The van der Waals surface area contributed by atoms with Gasteiger partial charge in [0.1, 0.15) is 5.52 Å². The molecule has 0 amide bonds. The molecule has 1 aromatic heterocycles. The molecular weight excluding hydrogens is 228 g/mol. The van der Waals surface area contributed by atoms with Gasteiger partial charge in [-0.25, -0.2) is 4.98 Å². The number of aliphatic hydroxyl groups is 1. The Hall–Kier alpha value is -1.39. The number of hydrogen-bond acceptors (Lipinski definition) is 4. The minimum atomic E-state index is -0.706. The van der Waals surface area contributed by atoms with Crippen molar-refractivity contribution in [1.29, 1.82) is 0 Å². The van der Waals surface area contributed by atoms with Crippen LogP contribution in [0.1, 0.15) is 26.7 Å². The summed E-state index contributed by atoms with van der Waals surface area (Å²) in [7, 11) is 0. The normalized spacial score (nSPS) is 12.5. The van der Waals surface area contributed by atoms with Gasteiger partial charge in [0.15, 0.2) is 5.58 Å². The van der Waals surface area contributed by atoms with Crippen LogP contribution in [0.25, 0.3) is 11.1 Å². The van der Waals surface area contributed by atoms with Crippen molar-refractivity contribution in [3.05, 3.63) is 30.2 Å². The van der Waals surface area contributed by atoms with Crippen molar-refractivity contribution in [2.24, 2.45) is 0 Å². The van der Waals surface area contributed by atoms with Crippen molar-refractivity contribution >= 4 is 11.1 Å². The van der Waals surface area contributed by atoms with E-state index in [1.165, 1.54) is 0 Å². The second-order valence-corrected chi connectivity index (χ2v) is 5.19. The summed E-state index contributed by atoms with van der Waals surface area (Å²) in [4.78, 5) is 6.56. The second kappa shape index (κ2) is 5.08. The number of benzene rings is 1. The largest absolute Gasteiger partial charge is 0.439 e. The lowest BCUT2D eigenvalue weighted by Gasteiger charge is -2.26. The quantitative estimate of drug-likeness (QED) is 0.883. The zero-order chi connectivity index (χ0) is 13.2. The van der Waals surface area contributed by atoms with Crippen molar-refractivity contribution in [2.75, 3.05) is 13.1 Å².